The predicted molar refractivity (Wildman–Crippen MR) is 113 cm³/mol. The van der Waals surface area contributed by atoms with Gasteiger partial charge in [0.2, 0.25) is 5.91 Å². The van der Waals surface area contributed by atoms with Gasteiger partial charge in [-0.05, 0) is 23.6 Å². The molecular weight excluding hydrogens is 382 g/mol. The normalized spacial score (nSPS) is 16.0. The van der Waals surface area contributed by atoms with Crippen molar-refractivity contribution in [3.63, 3.8) is 0 Å². The molecule has 3 aromatic carbocycles. The van der Waals surface area contributed by atoms with Crippen LogP contribution >= 0.6 is 0 Å². The average Bonchev–Trinajstić information content (AvgIpc) is 3.18. The summed E-state index contributed by atoms with van der Waals surface area (Å²) in [6.45, 7) is -0.135. The Kier molecular flexibility index (Phi) is 5.48. The van der Waals surface area contributed by atoms with E-state index in [9.17, 15) is 14.4 Å². The Bertz CT molecular complexity index is 1120. The molecule has 0 bridgehead atoms. The van der Waals surface area contributed by atoms with E-state index >= 15 is 0 Å². The van der Waals surface area contributed by atoms with Gasteiger partial charge in [0.25, 0.3) is 0 Å². The first-order valence-corrected chi connectivity index (χ1v) is 9.69. The van der Waals surface area contributed by atoms with E-state index in [2.05, 4.69) is 0 Å². The number of Topliss-reactive ketones (excluding diaryl/α,β-unsaturated/α-hetero) is 1. The Hall–Kier alpha value is -3.67. The molecule has 0 radical (unpaired) electrons. The quantitative estimate of drug-likeness (QED) is 0.464. The number of hydrogen-bond acceptors (Lipinski definition) is 5. The highest BCUT2D eigenvalue weighted by Crippen LogP contribution is 2.32. The minimum atomic E-state index is -0.602. The summed E-state index contributed by atoms with van der Waals surface area (Å²) >= 11 is 0. The van der Waals surface area contributed by atoms with Crippen LogP contribution in [-0.2, 0) is 14.3 Å². The number of ketones is 1. The van der Waals surface area contributed by atoms with Crippen molar-refractivity contribution in [2.45, 2.75) is 6.42 Å². The summed E-state index contributed by atoms with van der Waals surface area (Å²) in [7, 11) is 1.52. The van der Waals surface area contributed by atoms with Gasteiger partial charge in [-0.1, -0.05) is 48.5 Å². The molecule has 4 rings (SSSR count). The van der Waals surface area contributed by atoms with Crippen LogP contribution in [0, 0.1) is 5.92 Å². The van der Waals surface area contributed by atoms with Crippen molar-refractivity contribution in [1.82, 2.24) is 0 Å². The zero-order valence-corrected chi connectivity index (χ0v) is 16.5. The third-order valence-corrected chi connectivity index (χ3v) is 5.25. The Morgan fingerprint density at radius 1 is 1.03 bits per heavy atom. The fourth-order valence-electron chi connectivity index (χ4n) is 3.68. The molecule has 152 valence electrons. The number of amides is 1. The van der Waals surface area contributed by atoms with Gasteiger partial charge in [-0.25, -0.2) is 0 Å². The summed E-state index contributed by atoms with van der Waals surface area (Å²) in [6, 6.07) is 20.2. The average molecular weight is 403 g/mol. The van der Waals surface area contributed by atoms with Crippen LogP contribution in [0.2, 0.25) is 0 Å². The molecule has 3 aromatic rings. The van der Waals surface area contributed by atoms with E-state index in [4.69, 9.17) is 9.47 Å². The van der Waals surface area contributed by atoms with Gasteiger partial charge in [-0.2, -0.15) is 0 Å². The smallest absolute Gasteiger partial charge is 0.311 e. The number of esters is 1. The molecule has 1 aliphatic rings. The Balaban J connectivity index is 1.42. The lowest BCUT2D eigenvalue weighted by Gasteiger charge is -2.18. The summed E-state index contributed by atoms with van der Waals surface area (Å²) in [5, 5.41) is 1.98. The second kappa shape index (κ2) is 8.37. The summed E-state index contributed by atoms with van der Waals surface area (Å²) in [6.07, 6.45) is 0.0649. The van der Waals surface area contributed by atoms with E-state index in [0.717, 1.165) is 16.5 Å². The van der Waals surface area contributed by atoms with Crippen molar-refractivity contribution in [3.8, 4) is 5.75 Å². The Morgan fingerprint density at radius 3 is 2.63 bits per heavy atom. The summed E-state index contributed by atoms with van der Waals surface area (Å²) in [5.41, 5.74) is 1.18. The van der Waals surface area contributed by atoms with Gasteiger partial charge in [0, 0.05) is 23.9 Å². The molecule has 0 aliphatic carbocycles. The first kappa shape index (κ1) is 19.6. The van der Waals surface area contributed by atoms with E-state index in [-0.39, 0.29) is 31.3 Å². The number of carbonyl (C=O) groups is 3. The molecule has 1 atom stereocenters. The van der Waals surface area contributed by atoms with Crippen LogP contribution in [-0.4, -0.2) is 37.9 Å². The SMILES string of the molecule is COc1cccc(C(=O)COC(=O)[C@@H]2CC(=O)N(c3cccc4ccccc34)C2)c1. The van der Waals surface area contributed by atoms with Gasteiger partial charge in [0.1, 0.15) is 5.75 Å². The van der Waals surface area contributed by atoms with Gasteiger partial charge in [-0.3, -0.25) is 14.4 Å². The van der Waals surface area contributed by atoms with Gasteiger partial charge in [-0.15, -0.1) is 0 Å². The number of anilines is 1. The monoisotopic (exact) mass is 403 g/mol. The third-order valence-electron chi connectivity index (χ3n) is 5.25. The molecule has 1 aliphatic heterocycles. The number of methoxy groups -OCH3 is 1. The second-order valence-electron chi connectivity index (χ2n) is 7.17. The zero-order chi connectivity index (χ0) is 21.1. The molecule has 30 heavy (non-hydrogen) atoms. The molecule has 1 saturated heterocycles. The molecule has 0 unspecified atom stereocenters. The van der Waals surface area contributed by atoms with Gasteiger partial charge in [0.15, 0.2) is 12.4 Å². The van der Waals surface area contributed by atoms with Gasteiger partial charge >= 0.3 is 5.97 Å². The highest BCUT2D eigenvalue weighted by Gasteiger charge is 2.37. The van der Waals surface area contributed by atoms with Crippen LogP contribution in [0.15, 0.2) is 66.7 Å². The van der Waals surface area contributed by atoms with Crippen molar-refractivity contribution >= 4 is 34.1 Å². The lowest BCUT2D eigenvalue weighted by atomic mass is 10.1. The summed E-state index contributed by atoms with van der Waals surface area (Å²) in [5.74, 6) is -1.04. The van der Waals surface area contributed by atoms with Crippen molar-refractivity contribution < 1.29 is 23.9 Å². The third kappa shape index (κ3) is 3.89. The maximum Gasteiger partial charge on any atom is 0.311 e. The van der Waals surface area contributed by atoms with Gasteiger partial charge in [0.05, 0.1) is 18.7 Å². The van der Waals surface area contributed by atoms with Crippen molar-refractivity contribution in [2.24, 2.45) is 5.92 Å². The largest absolute Gasteiger partial charge is 0.497 e. The molecule has 6 nitrogen and oxygen atoms in total. The molecule has 1 heterocycles. The van der Waals surface area contributed by atoms with E-state index in [1.807, 2.05) is 42.5 Å². The maximum absolute atomic E-state index is 12.6. The summed E-state index contributed by atoms with van der Waals surface area (Å²) < 4.78 is 10.3. The van der Waals surface area contributed by atoms with Crippen LogP contribution in [0.1, 0.15) is 16.8 Å². The molecule has 1 amide bonds. The molecule has 1 fully saturated rings. The minimum Gasteiger partial charge on any atom is -0.497 e. The first-order valence-electron chi connectivity index (χ1n) is 9.69. The molecule has 0 spiro atoms. The lowest BCUT2D eigenvalue weighted by molar-refractivity contribution is -0.147. The molecule has 6 heteroatoms. The number of carbonyl (C=O) groups excluding carboxylic acids is 3. The molecule has 0 saturated carbocycles. The van der Waals surface area contributed by atoms with Crippen LogP contribution < -0.4 is 9.64 Å². The van der Waals surface area contributed by atoms with Crippen LogP contribution in [0.25, 0.3) is 10.8 Å². The minimum absolute atomic E-state index is 0.0649. The molecule has 0 aromatic heterocycles. The van der Waals surface area contributed by atoms with E-state index < -0.39 is 11.9 Å². The number of benzene rings is 3. The zero-order valence-electron chi connectivity index (χ0n) is 16.5. The molecular formula is C24H21NO5. The summed E-state index contributed by atoms with van der Waals surface area (Å²) in [4.78, 5) is 39.1. The second-order valence-corrected chi connectivity index (χ2v) is 7.17. The number of ether oxygens (including phenoxy) is 2. The van der Waals surface area contributed by atoms with Crippen LogP contribution in [0.3, 0.4) is 0 Å². The highest BCUT2D eigenvalue weighted by molar-refractivity contribution is 6.06. The van der Waals surface area contributed by atoms with E-state index in [1.165, 1.54) is 7.11 Å². The number of rotatable bonds is 6. The number of nitrogens with zero attached hydrogens (tertiary/aromatic N) is 1. The van der Waals surface area contributed by atoms with Crippen LogP contribution in [0.4, 0.5) is 5.69 Å². The van der Waals surface area contributed by atoms with E-state index in [0.29, 0.717) is 11.3 Å². The fourth-order valence-corrected chi connectivity index (χ4v) is 3.68. The lowest BCUT2D eigenvalue weighted by Crippen LogP contribution is -2.27. The Morgan fingerprint density at radius 2 is 1.80 bits per heavy atom. The Labute approximate surface area is 174 Å². The van der Waals surface area contributed by atoms with Crippen molar-refractivity contribution in [2.75, 3.05) is 25.2 Å². The standard InChI is InChI=1S/C24H21NO5/c1-29-19-9-4-8-17(12-19)22(26)15-30-24(28)18-13-23(27)25(14-18)21-11-5-7-16-6-2-3-10-20(16)21/h2-12,18H,13-15H2,1H3/t18-/m1/s1. The first-order chi connectivity index (χ1) is 14.6. The van der Waals surface area contributed by atoms with Crippen LogP contribution in [0.5, 0.6) is 5.75 Å². The highest BCUT2D eigenvalue weighted by atomic mass is 16.5. The van der Waals surface area contributed by atoms with Crippen molar-refractivity contribution in [1.29, 1.82) is 0 Å². The van der Waals surface area contributed by atoms with E-state index in [1.54, 1.807) is 29.2 Å². The number of fused-ring (bicyclic) bond motifs is 1. The predicted octanol–water partition coefficient (Wildman–Crippen LogP) is 3.63. The van der Waals surface area contributed by atoms with Crippen molar-refractivity contribution in [3.05, 3.63) is 72.3 Å². The maximum atomic E-state index is 12.6. The number of hydrogen-bond donors (Lipinski definition) is 0. The molecule has 0 N–H and O–H groups in total. The topological polar surface area (TPSA) is 72.9 Å². The van der Waals surface area contributed by atoms with Gasteiger partial charge < -0.3 is 14.4 Å². The fraction of sp³-hybridized carbons (Fsp3) is 0.208.